The van der Waals surface area contributed by atoms with Gasteiger partial charge in [-0.15, -0.1) is 0 Å². The molecular weight excluding hydrogens is 1520 g/mol. The summed E-state index contributed by atoms with van der Waals surface area (Å²) >= 11 is 0. The van der Waals surface area contributed by atoms with Crippen LogP contribution in [0.2, 0.25) is 0 Å². The molecule has 5 unspecified atom stereocenters. The quantitative estimate of drug-likeness (QED) is 0.0285. The van der Waals surface area contributed by atoms with Crippen LogP contribution < -0.4 is 25.6 Å². The number of alkyl halides is 3. The van der Waals surface area contributed by atoms with Gasteiger partial charge in [-0.3, -0.25) is 34.2 Å². The number of amides is 6. The Balaban J connectivity index is 0.000000170. The van der Waals surface area contributed by atoms with E-state index >= 15 is 0 Å². The van der Waals surface area contributed by atoms with Crippen LogP contribution in [-0.2, 0) is 60.9 Å². The van der Waals surface area contributed by atoms with Crippen LogP contribution in [0.3, 0.4) is 0 Å². The van der Waals surface area contributed by atoms with Crippen LogP contribution in [0.15, 0.2) is 88.8 Å². The average molecular weight is 1630 g/mol. The molecule has 1 aromatic heterocycles. The number of halogens is 3. The molecule has 10 atom stereocenters. The number of methoxy groups -OCH3 is 3. The van der Waals surface area contributed by atoms with Crippen LogP contribution in [0.25, 0.3) is 33.3 Å². The molecule has 10 aliphatic rings. The molecule has 11 heterocycles. The number of hydrogen-bond acceptors (Lipinski definition) is 19. The molecule has 117 heavy (non-hydrogen) atoms. The van der Waals surface area contributed by atoms with E-state index in [9.17, 15) is 50.4 Å². The van der Waals surface area contributed by atoms with Crippen molar-refractivity contribution < 1.29 is 78.1 Å². The minimum Gasteiger partial charge on any atom is -0.453 e. The summed E-state index contributed by atoms with van der Waals surface area (Å²) in [6.45, 7) is 23.5. The van der Waals surface area contributed by atoms with Crippen LogP contribution in [0, 0.1) is 24.7 Å². The average Bonchev–Trinajstić information content (AvgIpc) is 1.57. The number of aryl methyl sites for hydroxylation is 1. The molecule has 6 fully saturated rings. The smallest absolute Gasteiger partial charge is 0.453 e. The molecule has 0 spiro atoms. The van der Waals surface area contributed by atoms with Crippen molar-refractivity contribution in [3.05, 3.63) is 124 Å². The highest BCUT2D eigenvalue weighted by molar-refractivity contribution is 7.88. The number of rotatable bonds is 17. The molecule has 31 heteroatoms. The Hall–Kier alpha value is -9.43. The monoisotopic (exact) mass is 1630 g/mol. The molecule has 0 saturated carbocycles. The van der Waals surface area contributed by atoms with Crippen LogP contribution in [0.4, 0.5) is 38.9 Å². The Labute approximate surface area is 682 Å². The fraction of sp³-hybridized carbons (Fsp3) is 0.547. The van der Waals surface area contributed by atoms with Crippen molar-refractivity contribution >= 4 is 92.5 Å². The van der Waals surface area contributed by atoms with Gasteiger partial charge in [0.05, 0.1) is 73.1 Å². The second kappa shape index (κ2) is 32.7. The van der Waals surface area contributed by atoms with Crippen molar-refractivity contribution in [2.45, 2.75) is 230 Å². The van der Waals surface area contributed by atoms with Gasteiger partial charge in [-0.05, 0) is 228 Å². The summed E-state index contributed by atoms with van der Waals surface area (Å²) in [6.07, 6.45) is 8.65. The third kappa shape index (κ3) is 15.9. The molecule has 6 amide bonds. The zero-order chi connectivity index (χ0) is 84.0. The minimum absolute atomic E-state index is 0.0574. The second-order valence-electron chi connectivity index (χ2n) is 34.6. The van der Waals surface area contributed by atoms with E-state index in [1.807, 2.05) is 110 Å². The first-order chi connectivity index (χ1) is 55.4. The van der Waals surface area contributed by atoms with E-state index in [1.54, 1.807) is 6.07 Å². The summed E-state index contributed by atoms with van der Waals surface area (Å²) in [6, 6.07) is 25.0. The van der Waals surface area contributed by atoms with E-state index in [4.69, 9.17) is 38.5 Å². The molecule has 4 N–H and O–H groups in total. The van der Waals surface area contributed by atoms with Gasteiger partial charge in [-0.2, -0.15) is 21.6 Å². The Bertz CT molecular complexity index is 5070. The van der Waals surface area contributed by atoms with Crippen molar-refractivity contribution in [2.24, 2.45) is 27.7 Å². The maximum atomic E-state index is 13.8. The summed E-state index contributed by atoms with van der Waals surface area (Å²) in [4.78, 5) is 106. The third-order valence-electron chi connectivity index (χ3n) is 25.9. The zero-order valence-electron chi connectivity index (χ0n) is 69.5. The third-order valence-corrected chi connectivity index (χ3v) is 26.9. The SMILES string of the molecule is COC(=O)NC(C(=O)N1CCC[C@H]1C1=Nc2ccc(B3OC(C)(C)C(C)(C)O3)cc2C1)C(C)C.COC(=O)N[C@H](C(=O)N1CCC[C@H]1C1=Nc2ccc(-c3ccc(-c4ccc5nc([C@@H]6CCCN6C(=O)[C@@H](NC(=O)OC)C(C)C)[nH]c5c4)c4c3C3CCC4N3C)cc2C1)C(C)C.Cc1ccc(OS(=O)(=O)C(F)(F)F)c2c1C1CCC2N1C. The number of aromatic nitrogens is 2. The highest BCUT2D eigenvalue weighted by atomic mass is 32.2. The van der Waals surface area contributed by atoms with E-state index in [0.29, 0.717) is 50.1 Å². The number of carbonyl (C=O) groups excluding carboxylic acids is 6. The van der Waals surface area contributed by atoms with Crippen molar-refractivity contribution in [2.75, 3.05) is 55.1 Å². The number of likely N-dealkylation sites (tertiary alicyclic amines) is 3. The first kappa shape index (κ1) is 84.0. The number of alkyl carbamates (subject to hydrolysis) is 3. The van der Waals surface area contributed by atoms with E-state index in [-0.39, 0.29) is 71.4 Å². The number of imidazole rings is 1. The molecule has 6 aromatic rings. The summed E-state index contributed by atoms with van der Waals surface area (Å²) in [7, 11) is 2.01. The van der Waals surface area contributed by atoms with Gasteiger partial charge in [0, 0.05) is 73.6 Å². The van der Waals surface area contributed by atoms with Crippen molar-refractivity contribution in [3.63, 3.8) is 0 Å². The van der Waals surface area contributed by atoms with Gasteiger partial charge in [0.1, 0.15) is 29.7 Å². The molecule has 10 aliphatic heterocycles. The first-order valence-corrected chi connectivity index (χ1v) is 42.3. The van der Waals surface area contributed by atoms with Gasteiger partial charge in [0.2, 0.25) is 17.7 Å². The van der Waals surface area contributed by atoms with E-state index in [1.165, 1.54) is 60.8 Å². The Morgan fingerprint density at radius 2 is 0.957 bits per heavy atom. The van der Waals surface area contributed by atoms with Crippen molar-refractivity contribution in [1.82, 2.24) is 50.4 Å². The number of H-pyrrole nitrogens is 1. The van der Waals surface area contributed by atoms with Gasteiger partial charge in [0.15, 0.2) is 0 Å². The van der Waals surface area contributed by atoms with Crippen LogP contribution in [0.1, 0.15) is 208 Å². The van der Waals surface area contributed by atoms with E-state index < -0.39 is 70.4 Å². The van der Waals surface area contributed by atoms with Crippen molar-refractivity contribution in [3.8, 4) is 28.0 Å². The van der Waals surface area contributed by atoms with Gasteiger partial charge < -0.3 is 63.3 Å². The van der Waals surface area contributed by atoms with Gasteiger partial charge in [0.25, 0.3) is 0 Å². The molecule has 626 valence electrons. The molecule has 4 bridgehead atoms. The summed E-state index contributed by atoms with van der Waals surface area (Å²) < 4.78 is 91.1. The van der Waals surface area contributed by atoms with Gasteiger partial charge in [-0.25, -0.2) is 19.4 Å². The molecule has 0 aliphatic carbocycles. The lowest BCUT2D eigenvalue weighted by molar-refractivity contribution is -0.136. The maximum Gasteiger partial charge on any atom is 0.534 e. The van der Waals surface area contributed by atoms with Crippen molar-refractivity contribution in [1.29, 1.82) is 0 Å². The summed E-state index contributed by atoms with van der Waals surface area (Å²) in [5.74, 6) is -0.000838. The number of fused-ring (bicyclic) bond motifs is 13. The molecule has 0 radical (unpaired) electrons. The normalized spacial score (nSPS) is 23.4. The molecule has 26 nitrogen and oxygen atoms in total. The molecular formula is C86H108BF3N12O14S. The lowest BCUT2D eigenvalue weighted by Gasteiger charge is -2.32. The largest absolute Gasteiger partial charge is 0.534 e. The van der Waals surface area contributed by atoms with Crippen LogP contribution in [0.5, 0.6) is 5.75 Å². The van der Waals surface area contributed by atoms with E-state index in [2.05, 4.69) is 96.6 Å². The fourth-order valence-electron chi connectivity index (χ4n) is 19.1. The maximum absolute atomic E-state index is 13.8. The van der Waals surface area contributed by atoms with Crippen LogP contribution >= 0.6 is 0 Å². The number of carbonyl (C=O) groups is 6. The summed E-state index contributed by atoms with van der Waals surface area (Å²) in [5.41, 5.74) is 12.7. The second-order valence-corrected chi connectivity index (χ2v) is 36.1. The number of aromatic amines is 1. The lowest BCUT2D eigenvalue weighted by Crippen LogP contribution is -2.53. The Kier molecular flexibility index (Phi) is 23.5. The Morgan fingerprint density at radius 1 is 0.538 bits per heavy atom. The minimum atomic E-state index is -5.64. The number of benzene rings is 5. The number of ether oxygens (including phenoxy) is 3. The number of nitrogens with zero attached hydrogens (tertiary/aromatic N) is 8. The van der Waals surface area contributed by atoms with Crippen LogP contribution in [-0.4, -0.2) is 199 Å². The number of aliphatic imine (C=N–C) groups is 2. The topological polar surface area (TPSA) is 298 Å². The molecule has 5 aromatic carbocycles. The highest BCUT2D eigenvalue weighted by Crippen LogP contribution is 2.59. The van der Waals surface area contributed by atoms with Gasteiger partial charge >= 0.3 is 41.0 Å². The van der Waals surface area contributed by atoms with E-state index in [0.717, 1.165) is 132 Å². The molecule has 6 saturated heterocycles. The summed E-state index contributed by atoms with van der Waals surface area (Å²) in [5, 5.41) is 8.20. The predicted octanol–water partition coefficient (Wildman–Crippen LogP) is 13.8. The lowest BCUT2D eigenvalue weighted by atomic mass is 9.78. The first-order valence-electron chi connectivity index (χ1n) is 40.9. The molecule has 16 rings (SSSR count). The number of nitrogens with one attached hydrogen (secondary N) is 4. The Morgan fingerprint density at radius 3 is 1.42 bits per heavy atom. The highest BCUT2D eigenvalue weighted by Gasteiger charge is 2.54. The number of hydrogen-bond donors (Lipinski definition) is 4. The zero-order valence-corrected chi connectivity index (χ0v) is 70.3. The fourth-order valence-corrected chi connectivity index (χ4v) is 19.6. The van der Waals surface area contributed by atoms with Gasteiger partial charge in [-0.1, -0.05) is 84.0 Å². The standard InChI is InChI=1S/C48H58N8O6.C25H36BN3O5.C13H14F3NO3S/c1-25(2)42(52-47(59)61-6)45(57)55-20-8-10-36(55)35-24-29-22-27(12-16-32(29)49-35)30-14-15-31(41-38-19-18-37(40(30)41)54(38)5)28-13-17-33-34(23-28)51-44(50-33)39-11-9-21-56(39)46(58)43(26(3)4)53-48(60)62-7;1-15(2)21(28-23(31)32-7)22(30)29-12-8-9-20(29)19-14-16-13-17(10-11-18(16)27-19)26-33-24(3,4)25(5,6)34-26;1-7-3-6-10(20-21(18,19)13(14,15)16)12-9-5-4-8(11(7)12)17(9)2/h12-17,22-23,25-26,36-39,42-43H,8-11,18-21,24H2,1-7H3,(H,50,51)(H,52,59)(H,53,60);10-11,13,15,20-21H,8-9,12,14H2,1-7H3,(H,28,31);3,6,8-9H,4-5H2,1-2H3/t36-,37?,38?,39-,42-,43-;20-,21?;/m00./s1. The predicted molar refractivity (Wildman–Crippen MR) is 438 cm³/mol.